The number of nitrogens with zero attached hydrogens (tertiary/aromatic N) is 2. The summed E-state index contributed by atoms with van der Waals surface area (Å²) in [5.41, 5.74) is 1.92. The van der Waals surface area contributed by atoms with Gasteiger partial charge in [0.25, 0.3) is 0 Å². The third kappa shape index (κ3) is 1.65. The summed E-state index contributed by atoms with van der Waals surface area (Å²) in [6.07, 6.45) is 1.50. The van der Waals surface area contributed by atoms with Gasteiger partial charge in [-0.1, -0.05) is 15.9 Å². The molecule has 0 fully saturated rings. The van der Waals surface area contributed by atoms with Crippen LogP contribution in [0.5, 0.6) is 0 Å². The molecule has 0 spiro atoms. The number of fused-ring (bicyclic) bond motifs is 1. The van der Waals surface area contributed by atoms with Gasteiger partial charge in [0.15, 0.2) is 5.78 Å². The number of benzene rings is 1. The summed E-state index contributed by atoms with van der Waals surface area (Å²) >= 11 is 3.34. The molecule has 0 saturated heterocycles. The minimum atomic E-state index is -0.0700. The van der Waals surface area contributed by atoms with Crippen molar-refractivity contribution in [2.45, 2.75) is 6.92 Å². The zero-order chi connectivity index (χ0) is 10.1. The van der Waals surface area contributed by atoms with Crippen LogP contribution in [0.1, 0.15) is 17.4 Å². The van der Waals surface area contributed by atoms with Crippen molar-refractivity contribution in [3.8, 4) is 0 Å². The van der Waals surface area contributed by atoms with Gasteiger partial charge in [-0.3, -0.25) is 9.78 Å². The van der Waals surface area contributed by atoms with Crippen LogP contribution in [-0.2, 0) is 0 Å². The first kappa shape index (κ1) is 9.27. The van der Waals surface area contributed by atoms with Gasteiger partial charge in [-0.25, -0.2) is 4.98 Å². The van der Waals surface area contributed by atoms with Crippen LogP contribution in [0.2, 0.25) is 0 Å². The number of ketones is 1. The molecule has 0 radical (unpaired) electrons. The SMILES string of the molecule is CC(=O)c1cnc2ccc(Br)cc2n1. The lowest BCUT2D eigenvalue weighted by Crippen LogP contribution is -1.98. The molecule has 70 valence electrons. The smallest absolute Gasteiger partial charge is 0.179 e. The van der Waals surface area contributed by atoms with Crippen LogP contribution in [0.4, 0.5) is 0 Å². The molecule has 1 aromatic carbocycles. The minimum Gasteiger partial charge on any atom is -0.293 e. The maximum atomic E-state index is 11.1. The quantitative estimate of drug-likeness (QED) is 0.731. The second-order valence-corrected chi connectivity index (χ2v) is 3.86. The summed E-state index contributed by atoms with van der Waals surface area (Å²) in [5, 5.41) is 0. The van der Waals surface area contributed by atoms with Gasteiger partial charge in [-0.2, -0.15) is 0 Å². The van der Waals surface area contributed by atoms with Gasteiger partial charge >= 0.3 is 0 Å². The lowest BCUT2D eigenvalue weighted by molar-refractivity contribution is 0.101. The fraction of sp³-hybridized carbons (Fsp3) is 0.100. The minimum absolute atomic E-state index is 0.0700. The Labute approximate surface area is 89.3 Å². The van der Waals surface area contributed by atoms with E-state index in [1.165, 1.54) is 13.1 Å². The molecule has 0 amide bonds. The average molecular weight is 251 g/mol. The predicted octanol–water partition coefficient (Wildman–Crippen LogP) is 2.59. The van der Waals surface area contributed by atoms with E-state index in [0.717, 1.165) is 15.5 Å². The van der Waals surface area contributed by atoms with Crippen molar-refractivity contribution < 1.29 is 4.79 Å². The topological polar surface area (TPSA) is 42.9 Å². The van der Waals surface area contributed by atoms with Crippen molar-refractivity contribution in [3.05, 3.63) is 34.6 Å². The van der Waals surface area contributed by atoms with Gasteiger partial charge in [0.1, 0.15) is 5.69 Å². The fourth-order valence-corrected chi connectivity index (χ4v) is 1.50. The summed E-state index contributed by atoms with van der Waals surface area (Å²) in [4.78, 5) is 19.4. The van der Waals surface area contributed by atoms with E-state index in [-0.39, 0.29) is 5.78 Å². The highest BCUT2D eigenvalue weighted by atomic mass is 79.9. The number of hydrogen-bond acceptors (Lipinski definition) is 3. The number of rotatable bonds is 1. The molecule has 0 aliphatic heterocycles. The normalized spacial score (nSPS) is 10.4. The van der Waals surface area contributed by atoms with E-state index in [1.54, 1.807) is 0 Å². The molecule has 14 heavy (non-hydrogen) atoms. The first-order valence-corrected chi connectivity index (χ1v) is 4.89. The standard InChI is InChI=1S/C10H7BrN2O/c1-6(14)10-5-12-8-3-2-7(11)4-9(8)13-10/h2-5H,1H3. The van der Waals surface area contributed by atoms with E-state index < -0.39 is 0 Å². The molecular weight excluding hydrogens is 244 g/mol. The van der Waals surface area contributed by atoms with Crippen LogP contribution in [0, 0.1) is 0 Å². The van der Waals surface area contributed by atoms with Crippen molar-refractivity contribution in [1.82, 2.24) is 9.97 Å². The molecule has 0 bridgehead atoms. The van der Waals surface area contributed by atoms with Crippen LogP contribution in [0.3, 0.4) is 0 Å². The third-order valence-electron chi connectivity index (χ3n) is 1.86. The molecule has 0 aliphatic carbocycles. The van der Waals surface area contributed by atoms with E-state index in [2.05, 4.69) is 25.9 Å². The second kappa shape index (κ2) is 3.46. The number of hydrogen-bond donors (Lipinski definition) is 0. The van der Waals surface area contributed by atoms with E-state index >= 15 is 0 Å². The van der Waals surface area contributed by atoms with Crippen molar-refractivity contribution in [1.29, 1.82) is 0 Å². The van der Waals surface area contributed by atoms with Gasteiger partial charge in [0.05, 0.1) is 17.2 Å². The van der Waals surface area contributed by atoms with E-state index in [9.17, 15) is 4.79 Å². The molecule has 0 atom stereocenters. The predicted molar refractivity (Wildman–Crippen MR) is 57.2 cm³/mol. The summed E-state index contributed by atoms with van der Waals surface area (Å²) in [5.74, 6) is -0.0700. The Kier molecular flexibility index (Phi) is 2.29. The van der Waals surface area contributed by atoms with Crippen molar-refractivity contribution >= 4 is 32.7 Å². The van der Waals surface area contributed by atoms with E-state index in [0.29, 0.717) is 5.69 Å². The summed E-state index contributed by atoms with van der Waals surface area (Å²) in [6, 6.07) is 5.59. The summed E-state index contributed by atoms with van der Waals surface area (Å²) in [6.45, 7) is 1.48. The second-order valence-electron chi connectivity index (χ2n) is 2.94. The molecule has 3 nitrogen and oxygen atoms in total. The first-order chi connectivity index (χ1) is 6.66. The Morgan fingerprint density at radius 1 is 1.36 bits per heavy atom. The van der Waals surface area contributed by atoms with Gasteiger partial charge in [-0.05, 0) is 18.2 Å². The van der Waals surface area contributed by atoms with Gasteiger partial charge in [0.2, 0.25) is 0 Å². The number of carbonyl (C=O) groups is 1. The van der Waals surface area contributed by atoms with Gasteiger partial charge < -0.3 is 0 Å². The van der Waals surface area contributed by atoms with Crippen molar-refractivity contribution in [3.63, 3.8) is 0 Å². The van der Waals surface area contributed by atoms with Crippen LogP contribution < -0.4 is 0 Å². The van der Waals surface area contributed by atoms with E-state index in [1.807, 2.05) is 18.2 Å². The van der Waals surface area contributed by atoms with Crippen LogP contribution >= 0.6 is 15.9 Å². The third-order valence-corrected chi connectivity index (χ3v) is 2.36. The molecule has 4 heteroatoms. The average Bonchev–Trinajstić information content (AvgIpc) is 2.16. The van der Waals surface area contributed by atoms with Crippen LogP contribution in [-0.4, -0.2) is 15.8 Å². The maximum Gasteiger partial charge on any atom is 0.179 e. The van der Waals surface area contributed by atoms with Crippen LogP contribution in [0.25, 0.3) is 11.0 Å². The lowest BCUT2D eigenvalue weighted by atomic mass is 10.2. The molecule has 1 aromatic heterocycles. The van der Waals surface area contributed by atoms with Crippen LogP contribution in [0.15, 0.2) is 28.9 Å². The van der Waals surface area contributed by atoms with Gasteiger partial charge in [0, 0.05) is 11.4 Å². The number of carbonyl (C=O) groups excluding carboxylic acids is 1. The maximum absolute atomic E-state index is 11.1. The number of Topliss-reactive ketones (excluding diaryl/α,β-unsaturated/α-hetero) is 1. The monoisotopic (exact) mass is 250 g/mol. The molecule has 2 aromatic rings. The zero-order valence-corrected chi connectivity index (χ0v) is 9.08. The Balaban J connectivity index is 2.69. The largest absolute Gasteiger partial charge is 0.293 e. The fourth-order valence-electron chi connectivity index (χ4n) is 1.15. The molecule has 0 N–H and O–H groups in total. The number of aromatic nitrogens is 2. The number of halogens is 1. The lowest BCUT2D eigenvalue weighted by Gasteiger charge is -1.99. The Morgan fingerprint density at radius 3 is 2.86 bits per heavy atom. The van der Waals surface area contributed by atoms with Crippen molar-refractivity contribution in [2.24, 2.45) is 0 Å². The molecule has 0 aliphatic rings. The van der Waals surface area contributed by atoms with Gasteiger partial charge in [-0.15, -0.1) is 0 Å². The van der Waals surface area contributed by atoms with E-state index in [4.69, 9.17) is 0 Å². The Bertz CT molecular complexity index is 510. The summed E-state index contributed by atoms with van der Waals surface area (Å²) < 4.78 is 0.931. The Hall–Kier alpha value is -1.29. The molecule has 0 saturated carbocycles. The van der Waals surface area contributed by atoms with Crippen molar-refractivity contribution in [2.75, 3.05) is 0 Å². The first-order valence-electron chi connectivity index (χ1n) is 4.10. The Morgan fingerprint density at radius 2 is 2.14 bits per heavy atom. The highest BCUT2D eigenvalue weighted by Gasteiger charge is 2.03. The highest BCUT2D eigenvalue weighted by molar-refractivity contribution is 9.10. The zero-order valence-electron chi connectivity index (χ0n) is 7.49. The molecule has 1 heterocycles. The summed E-state index contributed by atoms with van der Waals surface area (Å²) in [7, 11) is 0. The molecule has 2 rings (SSSR count). The molecule has 0 unspecified atom stereocenters. The highest BCUT2D eigenvalue weighted by Crippen LogP contribution is 2.16. The molecular formula is C10H7BrN2O.